The number of aromatic hydroxyl groups is 1. The number of carbonyl (C=O) groups is 2. The molecule has 0 bridgehead atoms. The summed E-state index contributed by atoms with van der Waals surface area (Å²) in [6, 6.07) is 13.3. The number of nitrogens with two attached hydrogens (primary N) is 1. The molecule has 0 spiro atoms. The number of rotatable bonds is 5. The number of carboxylic acids is 1. The van der Waals surface area contributed by atoms with E-state index in [0.29, 0.717) is 11.6 Å². The van der Waals surface area contributed by atoms with Crippen LogP contribution in [0.1, 0.15) is 37.8 Å². The third kappa shape index (κ3) is 7.70. The number of nitrogens with one attached hydrogen (secondary N) is 1. The van der Waals surface area contributed by atoms with E-state index in [1.165, 1.54) is 17.7 Å². The van der Waals surface area contributed by atoms with Crippen molar-refractivity contribution in [1.29, 1.82) is 0 Å². The minimum Gasteiger partial charge on any atom is -0.508 e. The monoisotopic (exact) mass is 358 g/mol. The molecule has 0 fully saturated rings. The minimum atomic E-state index is -0.772. The van der Waals surface area contributed by atoms with E-state index in [4.69, 9.17) is 15.9 Å². The predicted molar refractivity (Wildman–Crippen MR) is 102 cm³/mol. The maximum atomic E-state index is 10.8. The summed E-state index contributed by atoms with van der Waals surface area (Å²) in [4.78, 5) is 21.1. The molecular formula is C20H26N2O4. The summed E-state index contributed by atoms with van der Waals surface area (Å²) >= 11 is 0. The number of carbonyl (C=O) groups excluding carboxylic acids is 1. The zero-order valence-electron chi connectivity index (χ0n) is 15.3. The highest BCUT2D eigenvalue weighted by Crippen LogP contribution is 2.17. The smallest absolute Gasteiger partial charge is 0.316 e. The lowest BCUT2D eigenvalue weighted by molar-refractivity contribution is -0.138. The predicted octanol–water partition coefficient (Wildman–Crippen LogP) is 3.96. The number of hydrogen-bond acceptors (Lipinski definition) is 3. The molecule has 0 saturated heterocycles. The molecule has 0 saturated carbocycles. The minimum absolute atomic E-state index is 0.153. The number of carboxylic acid groups (broad SMARTS) is 1. The Bertz CT molecular complexity index is 710. The Labute approximate surface area is 153 Å². The van der Waals surface area contributed by atoms with E-state index in [1.54, 1.807) is 19.1 Å². The fraction of sp³-hybridized carbons (Fsp3) is 0.300. The molecule has 0 heterocycles. The van der Waals surface area contributed by atoms with E-state index < -0.39 is 17.9 Å². The summed E-state index contributed by atoms with van der Waals surface area (Å²) in [5.74, 6) is -0.405. The van der Waals surface area contributed by atoms with Gasteiger partial charge in [-0.2, -0.15) is 0 Å². The lowest BCUT2D eigenvalue weighted by Gasteiger charge is -2.09. The standard InChI is InChI=1S/C13H18O2.C7H8N2O2/c1-9(2)8-11-4-6-12(7-5-11)10(3)13(14)15;8-7(11)9-5-1-3-6(10)4-2-5/h4-7,9-10H,8H2,1-3H3,(H,14,15);1-4,10H,(H3,8,9,11). The molecule has 26 heavy (non-hydrogen) atoms. The number of phenolic OH excluding ortho intramolecular Hbond substituents is 1. The number of anilines is 1. The van der Waals surface area contributed by atoms with Crippen LogP contribution in [-0.2, 0) is 11.2 Å². The van der Waals surface area contributed by atoms with Gasteiger partial charge in [-0.05, 0) is 54.7 Å². The number of urea groups is 1. The Morgan fingerprint density at radius 2 is 1.54 bits per heavy atom. The van der Waals surface area contributed by atoms with Crippen LogP contribution in [-0.4, -0.2) is 22.2 Å². The molecule has 2 amide bonds. The molecule has 0 aromatic heterocycles. The third-order valence-electron chi connectivity index (χ3n) is 3.63. The van der Waals surface area contributed by atoms with Crippen molar-refractivity contribution in [1.82, 2.24) is 0 Å². The first kappa shape index (κ1) is 21.0. The molecule has 140 valence electrons. The molecule has 5 N–H and O–H groups in total. The van der Waals surface area contributed by atoms with Crippen molar-refractivity contribution in [2.75, 3.05) is 5.32 Å². The van der Waals surface area contributed by atoms with Gasteiger partial charge < -0.3 is 21.3 Å². The summed E-state index contributed by atoms with van der Waals surface area (Å²) in [5, 5.41) is 20.1. The van der Waals surface area contributed by atoms with Gasteiger partial charge in [-0.25, -0.2) is 4.79 Å². The van der Waals surface area contributed by atoms with Crippen LogP contribution in [0.3, 0.4) is 0 Å². The highest BCUT2D eigenvalue weighted by atomic mass is 16.4. The first-order valence-electron chi connectivity index (χ1n) is 8.36. The van der Waals surface area contributed by atoms with E-state index in [-0.39, 0.29) is 5.75 Å². The van der Waals surface area contributed by atoms with Crippen LogP contribution in [0.2, 0.25) is 0 Å². The number of hydrogen-bond donors (Lipinski definition) is 4. The number of phenols is 1. The molecule has 0 aliphatic rings. The molecule has 0 radical (unpaired) electrons. The van der Waals surface area contributed by atoms with E-state index in [2.05, 4.69) is 19.2 Å². The summed E-state index contributed by atoms with van der Waals surface area (Å²) in [5.41, 5.74) is 7.56. The van der Waals surface area contributed by atoms with Gasteiger partial charge in [0.2, 0.25) is 0 Å². The van der Waals surface area contributed by atoms with Crippen molar-refractivity contribution in [2.45, 2.75) is 33.1 Å². The van der Waals surface area contributed by atoms with Gasteiger partial charge in [0.1, 0.15) is 5.75 Å². The van der Waals surface area contributed by atoms with Crippen LogP contribution in [0.25, 0.3) is 0 Å². The van der Waals surface area contributed by atoms with Gasteiger partial charge in [0.05, 0.1) is 5.92 Å². The van der Waals surface area contributed by atoms with Crippen molar-refractivity contribution >= 4 is 17.7 Å². The van der Waals surface area contributed by atoms with Gasteiger partial charge in [0.25, 0.3) is 0 Å². The van der Waals surface area contributed by atoms with E-state index in [9.17, 15) is 9.59 Å². The zero-order chi connectivity index (χ0) is 19.7. The summed E-state index contributed by atoms with van der Waals surface area (Å²) in [7, 11) is 0. The number of amides is 2. The van der Waals surface area contributed by atoms with E-state index in [0.717, 1.165) is 12.0 Å². The van der Waals surface area contributed by atoms with Crippen molar-refractivity contribution < 1.29 is 19.8 Å². The van der Waals surface area contributed by atoms with Gasteiger partial charge >= 0.3 is 12.0 Å². The van der Waals surface area contributed by atoms with Crippen LogP contribution in [0.4, 0.5) is 10.5 Å². The summed E-state index contributed by atoms with van der Waals surface area (Å²) < 4.78 is 0. The molecule has 1 atom stereocenters. The lowest BCUT2D eigenvalue weighted by atomic mass is 9.97. The van der Waals surface area contributed by atoms with Gasteiger partial charge in [0, 0.05) is 5.69 Å². The highest BCUT2D eigenvalue weighted by Gasteiger charge is 2.12. The van der Waals surface area contributed by atoms with Crippen molar-refractivity contribution in [2.24, 2.45) is 11.7 Å². The lowest BCUT2D eigenvalue weighted by Crippen LogP contribution is -2.18. The number of primary amides is 1. The molecular weight excluding hydrogens is 332 g/mol. The quantitative estimate of drug-likeness (QED) is 0.606. The Kier molecular flexibility index (Phi) is 8.15. The normalized spacial score (nSPS) is 11.2. The Hall–Kier alpha value is -3.02. The fourth-order valence-corrected chi connectivity index (χ4v) is 2.24. The highest BCUT2D eigenvalue weighted by molar-refractivity contribution is 5.87. The maximum Gasteiger partial charge on any atom is 0.316 e. The maximum absolute atomic E-state index is 10.8. The van der Waals surface area contributed by atoms with Crippen molar-refractivity contribution in [3.8, 4) is 5.75 Å². The molecule has 0 aliphatic heterocycles. The first-order valence-corrected chi connectivity index (χ1v) is 8.36. The van der Waals surface area contributed by atoms with E-state index in [1.807, 2.05) is 24.3 Å². The average molecular weight is 358 g/mol. The summed E-state index contributed by atoms with van der Waals surface area (Å²) in [6.45, 7) is 6.06. The number of benzene rings is 2. The van der Waals surface area contributed by atoms with Crippen LogP contribution < -0.4 is 11.1 Å². The van der Waals surface area contributed by atoms with E-state index >= 15 is 0 Å². The van der Waals surface area contributed by atoms with Gasteiger partial charge in [-0.3, -0.25) is 4.79 Å². The molecule has 0 aliphatic carbocycles. The molecule has 6 heteroatoms. The van der Waals surface area contributed by atoms with Gasteiger partial charge in [-0.15, -0.1) is 0 Å². The Morgan fingerprint density at radius 1 is 1.00 bits per heavy atom. The van der Waals surface area contributed by atoms with Crippen LogP contribution in [0, 0.1) is 5.92 Å². The van der Waals surface area contributed by atoms with Crippen LogP contribution in [0.5, 0.6) is 5.75 Å². The Morgan fingerprint density at radius 3 is 1.96 bits per heavy atom. The van der Waals surface area contributed by atoms with Crippen molar-refractivity contribution in [3.63, 3.8) is 0 Å². The number of aliphatic carboxylic acids is 1. The van der Waals surface area contributed by atoms with Crippen LogP contribution >= 0.6 is 0 Å². The summed E-state index contributed by atoms with van der Waals surface area (Å²) in [6.07, 6.45) is 1.04. The molecule has 1 unspecified atom stereocenters. The van der Waals surface area contributed by atoms with Gasteiger partial charge in [0.15, 0.2) is 0 Å². The topological polar surface area (TPSA) is 113 Å². The SMILES string of the molecule is CC(C)Cc1ccc(C(C)C(=O)O)cc1.NC(=O)Nc1ccc(O)cc1. The second-order valence-electron chi connectivity index (χ2n) is 6.44. The largest absolute Gasteiger partial charge is 0.508 e. The average Bonchev–Trinajstić information content (AvgIpc) is 2.56. The van der Waals surface area contributed by atoms with Gasteiger partial charge in [-0.1, -0.05) is 38.1 Å². The first-order chi connectivity index (χ1) is 12.2. The molecule has 2 aromatic rings. The molecule has 2 aromatic carbocycles. The fourth-order valence-electron chi connectivity index (χ4n) is 2.24. The van der Waals surface area contributed by atoms with Crippen molar-refractivity contribution in [3.05, 3.63) is 59.7 Å². The molecule has 2 rings (SSSR count). The van der Waals surface area contributed by atoms with Crippen LogP contribution in [0.15, 0.2) is 48.5 Å². The molecule has 6 nitrogen and oxygen atoms in total. The second-order valence-corrected chi connectivity index (χ2v) is 6.44. The Balaban J connectivity index is 0.000000273. The second kappa shape index (κ2) is 10.1. The zero-order valence-corrected chi connectivity index (χ0v) is 15.3. The third-order valence-corrected chi connectivity index (χ3v) is 3.63.